The van der Waals surface area contributed by atoms with E-state index in [9.17, 15) is 14.4 Å². The Bertz CT molecular complexity index is 643. The number of aliphatic carboxylic acids is 1. The lowest BCUT2D eigenvalue weighted by molar-refractivity contribution is -0.150. The van der Waals surface area contributed by atoms with Crippen molar-refractivity contribution in [2.24, 2.45) is 0 Å². The Morgan fingerprint density at radius 2 is 2.00 bits per heavy atom. The summed E-state index contributed by atoms with van der Waals surface area (Å²) < 4.78 is 5.21. The first-order chi connectivity index (χ1) is 10.5. The average molecular weight is 304 g/mol. The number of benzene rings is 1. The van der Waals surface area contributed by atoms with E-state index in [-0.39, 0.29) is 11.8 Å². The van der Waals surface area contributed by atoms with E-state index in [2.05, 4.69) is 10.6 Å². The summed E-state index contributed by atoms with van der Waals surface area (Å²) in [4.78, 5) is 34.3. The number of carboxylic acids is 1. The number of amides is 2. The number of rotatable bonds is 3. The van der Waals surface area contributed by atoms with Gasteiger partial charge in [0, 0.05) is 17.8 Å². The third kappa shape index (κ3) is 2.94. The van der Waals surface area contributed by atoms with E-state index in [1.807, 2.05) is 6.07 Å². The van der Waals surface area contributed by atoms with Crippen molar-refractivity contribution in [2.75, 3.05) is 10.6 Å². The largest absolute Gasteiger partial charge is 0.479 e. The monoisotopic (exact) mass is 304 g/mol. The van der Waals surface area contributed by atoms with Crippen molar-refractivity contribution in [3.05, 3.63) is 23.8 Å². The van der Waals surface area contributed by atoms with Gasteiger partial charge in [0.1, 0.15) is 6.10 Å². The summed E-state index contributed by atoms with van der Waals surface area (Å²) in [6, 6.07) is 5.33. The molecule has 116 valence electrons. The van der Waals surface area contributed by atoms with Crippen molar-refractivity contribution < 1.29 is 24.2 Å². The van der Waals surface area contributed by atoms with Gasteiger partial charge in [0.15, 0.2) is 6.10 Å². The third-order valence-corrected chi connectivity index (χ3v) is 3.86. The molecule has 0 aliphatic carbocycles. The summed E-state index contributed by atoms with van der Waals surface area (Å²) in [5.74, 6) is -1.46. The van der Waals surface area contributed by atoms with Gasteiger partial charge in [0.05, 0.1) is 0 Å². The molecule has 0 unspecified atom stereocenters. The Kier molecular flexibility index (Phi) is 3.81. The quantitative estimate of drug-likeness (QED) is 0.776. The van der Waals surface area contributed by atoms with Crippen molar-refractivity contribution in [2.45, 2.75) is 37.9 Å². The Morgan fingerprint density at radius 1 is 1.23 bits per heavy atom. The Hall–Kier alpha value is -2.41. The van der Waals surface area contributed by atoms with Crippen LogP contribution in [0, 0.1) is 0 Å². The minimum absolute atomic E-state index is 0.0422. The molecule has 0 radical (unpaired) electrons. The van der Waals surface area contributed by atoms with Crippen LogP contribution >= 0.6 is 0 Å². The maximum Gasteiger partial charge on any atom is 0.332 e. The fourth-order valence-corrected chi connectivity index (χ4v) is 2.68. The van der Waals surface area contributed by atoms with E-state index in [0.29, 0.717) is 37.1 Å². The first-order valence-corrected chi connectivity index (χ1v) is 7.15. The molecule has 7 heteroatoms. The second-order valence-electron chi connectivity index (χ2n) is 5.44. The number of ether oxygens (including phenoxy) is 1. The second kappa shape index (κ2) is 5.76. The molecule has 22 heavy (non-hydrogen) atoms. The van der Waals surface area contributed by atoms with Gasteiger partial charge in [0.2, 0.25) is 5.91 Å². The molecule has 2 aliphatic rings. The predicted molar refractivity (Wildman–Crippen MR) is 77.6 cm³/mol. The molecule has 0 bridgehead atoms. The van der Waals surface area contributed by atoms with Crippen molar-refractivity contribution >= 4 is 29.2 Å². The number of nitrogens with one attached hydrogen (secondary N) is 2. The fraction of sp³-hybridized carbons (Fsp3) is 0.400. The van der Waals surface area contributed by atoms with Crippen LogP contribution in [0.15, 0.2) is 18.2 Å². The topological polar surface area (TPSA) is 105 Å². The number of anilines is 2. The van der Waals surface area contributed by atoms with Crippen molar-refractivity contribution in [1.29, 1.82) is 0 Å². The molecule has 2 heterocycles. The lowest BCUT2D eigenvalue weighted by Gasteiger charge is -2.18. The summed E-state index contributed by atoms with van der Waals surface area (Å²) in [5, 5.41) is 14.3. The standard InChI is InChI=1S/C15H16N2O5/c18-13-6-2-8-1-3-9(7-10(8)17-13)16-14(19)11-4-5-12(22-11)15(20)21/h1,3,7,11-12H,2,4-6H2,(H,16,19)(H,17,18)(H,20,21)/t11-,12+/m0/s1. The Labute approximate surface area is 126 Å². The van der Waals surface area contributed by atoms with Gasteiger partial charge in [-0.1, -0.05) is 6.07 Å². The highest BCUT2D eigenvalue weighted by Gasteiger charge is 2.34. The van der Waals surface area contributed by atoms with E-state index < -0.39 is 18.2 Å². The van der Waals surface area contributed by atoms with Gasteiger partial charge in [-0.3, -0.25) is 9.59 Å². The summed E-state index contributed by atoms with van der Waals surface area (Å²) >= 11 is 0. The number of carbonyl (C=O) groups excluding carboxylic acids is 2. The summed E-state index contributed by atoms with van der Waals surface area (Å²) in [7, 11) is 0. The van der Waals surface area contributed by atoms with Crippen LogP contribution in [0.25, 0.3) is 0 Å². The minimum atomic E-state index is -1.05. The molecule has 0 aromatic heterocycles. The van der Waals surface area contributed by atoms with E-state index in [4.69, 9.17) is 9.84 Å². The highest BCUT2D eigenvalue weighted by atomic mass is 16.5. The zero-order chi connectivity index (χ0) is 15.7. The van der Waals surface area contributed by atoms with Crippen LogP contribution < -0.4 is 10.6 Å². The van der Waals surface area contributed by atoms with Gasteiger partial charge in [-0.05, 0) is 37.0 Å². The average Bonchev–Trinajstić information content (AvgIpc) is 2.97. The van der Waals surface area contributed by atoms with Crippen LogP contribution in [0.2, 0.25) is 0 Å². The lowest BCUT2D eigenvalue weighted by Crippen LogP contribution is -2.30. The normalized spacial score (nSPS) is 23.5. The minimum Gasteiger partial charge on any atom is -0.479 e. The fourth-order valence-electron chi connectivity index (χ4n) is 2.68. The molecule has 2 aliphatic heterocycles. The highest BCUT2D eigenvalue weighted by molar-refractivity contribution is 5.98. The molecule has 2 atom stereocenters. The number of hydrogen-bond acceptors (Lipinski definition) is 4. The summed E-state index contributed by atoms with van der Waals surface area (Å²) in [5.41, 5.74) is 2.28. The van der Waals surface area contributed by atoms with Gasteiger partial charge in [0.25, 0.3) is 5.91 Å². The van der Waals surface area contributed by atoms with Gasteiger partial charge < -0.3 is 20.5 Å². The zero-order valence-corrected chi connectivity index (χ0v) is 11.8. The smallest absolute Gasteiger partial charge is 0.332 e. The maximum absolute atomic E-state index is 12.1. The van der Waals surface area contributed by atoms with E-state index in [1.54, 1.807) is 12.1 Å². The van der Waals surface area contributed by atoms with Gasteiger partial charge in [-0.15, -0.1) is 0 Å². The summed E-state index contributed by atoms with van der Waals surface area (Å²) in [6.45, 7) is 0. The first-order valence-electron chi connectivity index (χ1n) is 7.15. The van der Waals surface area contributed by atoms with Crippen LogP contribution in [0.5, 0.6) is 0 Å². The van der Waals surface area contributed by atoms with E-state index in [1.165, 1.54) is 0 Å². The molecule has 7 nitrogen and oxygen atoms in total. The van der Waals surface area contributed by atoms with Crippen LogP contribution in [0.1, 0.15) is 24.8 Å². The Morgan fingerprint density at radius 3 is 2.73 bits per heavy atom. The third-order valence-electron chi connectivity index (χ3n) is 3.86. The second-order valence-corrected chi connectivity index (χ2v) is 5.44. The first kappa shape index (κ1) is 14.5. The SMILES string of the molecule is O=C1CCc2ccc(NC(=O)[C@@H]3CC[C@H](C(=O)O)O3)cc2N1. The molecule has 2 amide bonds. The number of carboxylic acid groups (broad SMARTS) is 1. The van der Waals surface area contributed by atoms with Gasteiger partial charge in [-0.2, -0.15) is 0 Å². The van der Waals surface area contributed by atoms with E-state index in [0.717, 1.165) is 5.56 Å². The molecular weight excluding hydrogens is 288 g/mol. The number of fused-ring (bicyclic) bond motifs is 1. The van der Waals surface area contributed by atoms with Crippen LogP contribution in [-0.2, 0) is 25.5 Å². The Balaban J connectivity index is 1.66. The van der Waals surface area contributed by atoms with Gasteiger partial charge >= 0.3 is 5.97 Å². The molecule has 3 rings (SSSR count). The van der Waals surface area contributed by atoms with Crippen molar-refractivity contribution in [3.8, 4) is 0 Å². The summed E-state index contributed by atoms with van der Waals surface area (Å²) in [6.07, 6.45) is 0.176. The number of aryl methyl sites for hydroxylation is 1. The highest BCUT2D eigenvalue weighted by Crippen LogP contribution is 2.27. The van der Waals surface area contributed by atoms with Crippen molar-refractivity contribution in [1.82, 2.24) is 0 Å². The number of carbonyl (C=O) groups is 3. The van der Waals surface area contributed by atoms with Crippen LogP contribution in [0.4, 0.5) is 11.4 Å². The molecule has 1 aromatic rings. The molecule has 3 N–H and O–H groups in total. The predicted octanol–water partition coefficient (Wildman–Crippen LogP) is 1.14. The van der Waals surface area contributed by atoms with Crippen LogP contribution in [0.3, 0.4) is 0 Å². The molecule has 0 saturated carbocycles. The van der Waals surface area contributed by atoms with E-state index >= 15 is 0 Å². The molecule has 1 aromatic carbocycles. The van der Waals surface area contributed by atoms with Crippen molar-refractivity contribution in [3.63, 3.8) is 0 Å². The molecule has 1 fully saturated rings. The zero-order valence-electron chi connectivity index (χ0n) is 11.8. The van der Waals surface area contributed by atoms with Gasteiger partial charge in [-0.25, -0.2) is 4.79 Å². The lowest BCUT2D eigenvalue weighted by atomic mass is 10.0. The molecule has 0 spiro atoms. The number of hydrogen-bond donors (Lipinski definition) is 3. The maximum atomic E-state index is 12.1. The molecule has 1 saturated heterocycles. The molecular formula is C15H16N2O5. The van der Waals surface area contributed by atoms with Crippen LogP contribution in [-0.4, -0.2) is 35.1 Å².